The van der Waals surface area contributed by atoms with Crippen LogP contribution in [-0.2, 0) is 10.0 Å². The second-order valence-corrected chi connectivity index (χ2v) is 15.5. The minimum atomic E-state index is -3.48. The molecule has 0 spiro atoms. The van der Waals surface area contributed by atoms with Gasteiger partial charge in [0.15, 0.2) is 0 Å². The van der Waals surface area contributed by atoms with Crippen LogP contribution >= 0.6 is 0 Å². The maximum atomic E-state index is 13.3. The Kier molecular flexibility index (Phi) is 7.25. The van der Waals surface area contributed by atoms with Gasteiger partial charge < -0.3 is 4.90 Å². The molecule has 1 unspecified atom stereocenters. The molecule has 0 radical (unpaired) electrons. The molecule has 1 N–H and O–H groups in total. The Bertz CT molecular complexity index is 808. The minimum absolute atomic E-state index is 0.0470. The number of hydrogen-bond donors (Lipinski definition) is 1. The average Bonchev–Trinajstić information content (AvgIpc) is 2.59. The normalized spacial score (nSPS) is 14.2. The van der Waals surface area contributed by atoms with Crippen molar-refractivity contribution in [3.63, 3.8) is 0 Å². The van der Waals surface area contributed by atoms with Crippen LogP contribution in [0.15, 0.2) is 60.7 Å². The van der Waals surface area contributed by atoms with E-state index >= 15 is 0 Å². The van der Waals surface area contributed by atoms with E-state index in [-0.39, 0.29) is 16.7 Å². The highest BCUT2D eigenvalue weighted by Crippen LogP contribution is 2.34. The molecule has 0 heterocycles. The molecule has 4 nitrogen and oxygen atoms in total. The summed E-state index contributed by atoms with van der Waals surface area (Å²) in [6.45, 7) is 9.16. The molecule has 154 valence electrons. The van der Waals surface area contributed by atoms with Gasteiger partial charge in [-0.25, -0.2) is 12.8 Å². The van der Waals surface area contributed by atoms with Crippen LogP contribution in [0.4, 0.5) is 0 Å². The van der Waals surface area contributed by atoms with E-state index in [1.807, 2.05) is 62.3 Å². The monoisotopic (exact) mass is 418 g/mol. The van der Waals surface area contributed by atoms with Gasteiger partial charge in [0.1, 0.15) is 0 Å². The Morgan fingerprint density at radius 2 is 1.36 bits per heavy atom. The summed E-state index contributed by atoms with van der Waals surface area (Å²) in [5.74, 6) is 0.168. The first-order valence-electron chi connectivity index (χ1n) is 9.75. The fourth-order valence-electron chi connectivity index (χ4n) is 4.01. The van der Waals surface area contributed by atoms with Gasteiger partial charge in [-0.1, -0.05) is 88.4 Å². The number of nitrogens with one attached hydrogen (secondary N) is 1. The third-order valence-electron chi connectivity index (χ3n) is 5.03. The summed E-state index contributed by atoms with van der Waals surface area (Å²) in [4.78, 5) is 2.03. The van der Waals surface area contributed by atoms with Crippen LogP contribution in [-0.4, -0.2) is 47.9 Å². The van der Waals surface area contributed by atoms with E-state index in [1.54, 1.807) is 0 Å². The molecule has 2 rings (SSSR count). The molecule has 0 aliphatic rings. The van der Waals surface area contributed by atoms with Gasteiger partial charge in [-0.05, 0) is 35.4 Å². The zero-order valence-corrected chi connectivity index (χ0v) is 19.8. The van der Waals surface area contributed by atoms with Gasteiger partial charge in [-0.3, -0.25) is 0 Å². The van der Waals surface area contributed by atoms with Crippen molar-refractivity contribution in [3.8, 4) is 0 Å². The summed E-state index contributed by atoms with van der Waals surface area (Å²) in [6.07, 6.45) is 0. The van der Waals surface area contributed by atoms with Crippen molar-refractivity contribution in [3.05, 3.63) is 60.7 Å². The maximum absolute atomic E-state index is 13.3. The SMILES string of the molecule is CC(CN(C)C)CS(=O)(=O)N[Si](c1ccccc1)(c1ccccc1)C(C)(C)C. The van der Waals surface area contributed by atoms with Crippen LogP contribution in [0, 0.1) is 5.92 Å². The van der Waals surface area contributed by atoms with Crippen LogP contribution < -0.4 is 14.8 Å². The summed E-state index contributed by atoms with van der Waals surface area (Å²) in [5, 5.41) is 1.91. The fraction of sp³-hybridized carbons (Fsp3) is 0.455. The smallest absolute Gasteiger partial charge is 0.210 e. The molecule has 0 fully saturated rings. The van der Waals surface area contributed by atoms with Crippen LogP contribution in [0.3, 0.4) is 0 Å². The minimum Gasteiger partial charge on any atom is -0.309 e. The lowest BCUT2D eigenvalue weighted by Gasteiger charge is -2.44. The number of nitrogens with zero attached hydrogens (tertiary/aromatic N) is 1. The van der Waals surface area contributed by atoms with E-state index in [9.17, 15) is 8.42 Å². The van der Waals surface area contributed by atoms with Gasteiger partial charge >= 0.3 is 0 Å². The Morgan fingerprint density at radius 1 is 0.929 bits per heavy atom. The highest BCUT2D eigenvalue weighted by molar-refractivity contribution is 7.91. The van der Waals surface area contributed by atoms with Crippen molar-refractivity contribution in [2.24, 2.45) is 5.92 Å². The molecule has 1 atom stereocenters. The summed E-state index contributed by atoms with van der Waals surface area (Å²) in [6, 6.07) is 20.2. The van der Waals surface area contributed by atoms with Gasteiger partial charge in [0, 0.05) is 6.54 Å². The molecule has 28 heavy (non-hydrogen) atoms. The zero-order valence-electron chi connectivity index (χ0n) is 17.9. The highest BCUT2D eigenvalue weighted by Gasteiger charge is 2.50. The third kappa shape index (κ3) is 5.32. The number of benzene rings is 2. The quantitative estimate of drug-likeness (QED) is 0.671. The van der Waals surface area contributed by atoms with E-state index in [4.69, 9.17) is 0 Å². The van der Waals surface area contributed by atoms with Gasteiger partial charge in [-0.2, -0.15) is 0 Å². The fourth-order valence-corrected chi connectivity index (χ4v) is 12.7. The maximum Gasteiger partial charge on any atom is 0.210 e. The van der Waals surface area contributed by atoms with Gasteiger partial charge in [-0.15, -0.1) is 0 Å². The number of rotatable bonds is 8. The summed E-state index contributed by atoms with van der Waals surface area (Å²) < 4.78 is 29.9. The molecule has 6 heteroatoms. The molecule has 0 amide bonds. The molecule has 0 bridgehead atoms. The first-order chi connectivity index (χ1) is 13.0. The van der Waals surface area contributed by atoms with Crippen molar-refractivity contribution in [2.45, 2.75) is 32.7 Å². The standard InChI is InChI=1S/C22H34N2O2SSi/c1-19(17-24(5)6)18-27(25,26)23-28(22(2,3)4,20-13-9-7-10-14-20)21-15-11-8-12-16-21/h7-16,19,23H,17-18H2,1-6H3. The second-order valence-electron chi connectivity index (χ2n) is 8.98. The lowest BCUT2D eigenvalue weighted by molar-refractivity contribution is 0.354. The summed E-state index contributed by atoms with van der Waals surface area (Å²) >= 11 is 0. The zero-order chi connectivity index (χ0) is 21.0. The van der Waals surface area contributed by atoms with E-state index in [2.05, 4.69) is 49.4 Å². The Balaban J connectivity index is 2.59. The van der Waals surface area contributed by atoms with Crippen LogP contribution in [0.2, 0.25) is 5.04 Å². The predicted octanol–water partition coefficient (Wildman–Crippen LogP) is 2.66. The molecule has 0 aliphatic heterocycles. The van der Waals surface area contributed by atoms with E-state index in [1.165, 1.54) is 0 Å². The van der Waals surface area contributed by atoms with Crippen LogP contribution in [0.25, 0.3) is 0 Å². The largest absolute Gasteiger partial charge is 0.309 e. The third-order valence-corrected chi connectivity index (χ3v) is 13.2. The van der Waals surface area contributed by atoms with Gasteiger partial charge in [0.25, 0.3) is 0 Å². The molecule has 2 aromatic carbocycles. The van der Waals surface area contributed by atoms with Gasteiger partial charge in [0.05, 0.1) is 5.75 Å². The topological polar surface area (TPSA) is 49.4 Å². The molecular weight excluding hydrogens is 384 g/mol. The highest BCUT2D eigenvalue weighted by atomic mass is 32.2. The Hall–Kier alpha value is -1.47. The molecule has 0 saturated carbocycles. The van der Waals surface area contributed by atoms with Crippen LogP contribution in [0.1, 0.15) is 27.7 Å². The molecule has 0 aromatic heterocycles. The Morgan fingerprint density at radius 3 is 1.71 bits per heavy atom. The average molecular weight is 419 g/mol. The molecular formula is C22H34N2O2SSi. The van der Waals surface area contributed by atoms with Crippen LogP contribution in [0.5, 0.6) is 0 Å². The first-order valence-corrected chi connectivity index (χ1v) is 13.4. The lowest BCUT2D eigenvalue weighted by Crippen LogP contribution is -2.75. The van der Waals surface area contributed by atoms with Crippen molar-refractivity contribution >= 4 is 28.6 Å². The van der Waals surface area contributed by atoms with E-state index in [0.29, 0.717) is 0 Å². The summed E-state index contributed by atoms with van der Waals surface area (Å²) in [5.41, 5.74) is 0. The second kappa shape index (κ2) is 8.90. The Labute approximate surface area is 172 Å². The predicted molar refractivity (Wildman–Crippen MR) is 122 cm³/mol. The first kappa shape index (κ1) is 22.8. The molecule has 0 saturated heterocycles. The number of hydrogen-bond acceptors (Lipinski definition) is 3. The van der Waals surface area contributed by atoms with E-state index < -0.39 is 18.3 Å². The van der Waals surface area contributed by atoms with Crippen molar-refractivity contribution in [1.29, 1.82) is 0 Å². The van der Waals surface area contributed by atoms with Crippen molar-refractivity contribution in [1.82, 2.24) is 9.29 Å². The number of sulfonamides is 1. The van der Waals surface area contributed by atoms with Crippen molar-refractivity contribution in [2.75, 3.05) is 26.4 Å². The van der Waals surface area contributed by atoms with Crippen molar-refractivity contribution < 1.29 is 8.42 Å². The summed E-state index contributed by atoms with van der Waals surface area (Å²) in [7, 11) is -2.38. The molecule has 0 aliphatic carbocycles. The molecule has 2 aromatic rings. The van der Waals surface area contributed by atoms with E-state index in [0.717, 1.165) is 16.9 Å². The van der Waals surface area contributed by atoms with Gasteiger partial charge in [0.2, 0.25) is 18.3 Å². The lowest BCUT2D eigenvalue weighted by atomic mass is 10.2.